The summed E-state index contributed by atoms with van der Waals surface area (Å²) < 4.78 is 1.85. The quantitative estimate of drug-likeness (QED) is 0.939. The van der Waals surface area contributed by atoms with Gasteiger partial charge < -0.3 is 10.0 Å². The van der Waals surface area contributed by atoms with E-state index in [-0.39, 0.29) is 11.8 Å². The monoisotopic (exact) mass is 327 g/mol. The van der Waals surface area contributed by atoms with Gasteiger partial charge in [0.05, 0.1) is 17.3 Å². The molecule has 6 nitrogen and oxygen atoms in total. The number of amides is 1. The van der Waals surface area contributed by atoms with Crippen LogP contribution in [-0.2, 0) is 4.79 Å². The van der Waals surface area contributed by atoms with E-state index in [9.17, 15) is 9.59 Å². The van der Waals surface area contributed by atoms with Crippen LogP contribution in [0.1, 0.15) is 34.6 Å². The van der Waals surface area contributed by atoms with E-state index in [2.05, 4.69) is 5.10 Å². The molecule has 1 saturated heterocycles. The lowest BCUT2D eigenvalue weighted by molar-refractivity contribution is -0.143. The molecule has 126 valence electrons. The Labute approximate surface area is 140 Å². The summed E-state index contributed by atoms with van der Waals surface area (Å²) in [5, 5.41) is 13.5. The van der Waals surface area contributed by atoms with Gasteiger partial charge in [0.1, 0.15) is 0 Å². The number of likely N-dealkylation sites (tertiary alicyclic amines) is 1. The van der Waals surface area contributed by atoms with E-state index in [1.165, 1.54) is 0 Å². The molecule has 1 aromatic carbocycles. The van der Waals surface area contributed by atoms with Crippen molar-refractivity contribution in [3.63, 3.8) is 0 Å². The first-order valence-corrected chi connectivity index (χ1v) is 8.11. The van der Waals surface area contributed by atoms with Gasteiger partial charge in [0, 0.05) is 24.3 Å². The van der Waals surface area contributed by atoms with Gasteiger partial charge in [-0.05, 0) is 57.0 Å². The summed E-state index contributed by atoms with van der Waals surface area (Å²) in [6, 6.07) is 9.38. The van der Waals surface area contributed by atoms with Crippen LogP contribution in [0, 0.1) is 19.8 Å². The Bertz CT molecular complexity index is 756. The van der Waals surface area contributed by atoms with Gasteiger partial charge in [0.25, 0.3) is 5.91 Å². The number of aryl methyl sites for hydroxylation is 2. The van der Waals surface area contributed by atoms with E-state index >= 15 is 0 Å². The molecule has 2 heterocycles. The Hall–Kier alpha value is -2.63. The van der Waals surface area contributed by atoms with Crippen molar-refractivity contribution in [2.24, 2.45) is 5.92 Å². The molecule has 3 rings (SSSR count). The van der Waals surface area contributed by atoms with E-state index in [0.717, 1.165) is 17.1 Å². The molecule has 6 heteroatoms. The molecule has 1 N–H and O–H groups in total. The van der Waals surface area contributed by atoms with E-state index in [1.54, 1.807) is 17.0 Å². The molecular weight excluding hydrogens is 306 g/mol. The Morgan fingerprint density at radius 1 is 1.12 bits per heavy atom. The minimum Gasteiger partial charge on any atom is -0.481 e. The third-order valence-electron chi connectivity index (χ3n) is 4.50. The molecule has 0 aliphatic carbocycles. The van der Waals surface area contributed by atoms with E-state index in [1.807, 2.05) is 36.7 Å². The molecule has 1 amide bonds. The molecule has 1 aromatic heterocycles. The standard InChI is InChI=1S/C18H21N3O3/c1-12-11-13(2)21(19-12)16-5-3-14(4-6-16)17(22)20-9-7-15(8-10-20)18(23)24/h3-6,11,15H,7-10H2,1-2H3,(H,23,24). The van der Waals surface area contributed by atoms with E-state index in [4.69, 9.17) is 5.11 Å². The van der Waals surface area contributed by atoms with Crippen LogP contribution in [0.5, 0.6) is 0 Å². The lowest BCUT2D eigenvalue weighted by atomic mass is 9.96. The number of rotatable bonds is 3. The van der Waals surface area contributed by atoms with Gasteiger partial charge in [0.2, 0.25) is 0 Å². The third kappa shape index (κ3) is 3.18. The van der Waals surface area contributed by atoms with E-state index in [0.29, 0.717) is 31.5 Å². The molecule has 0 spiro atoms. The number of carbonyl (C=O) groups excluding carboxylic acids is 1. The molecular formula is C18H21N3O3. The second kappa shape index (κ2) is 6.47. The van der Waals surface area contributed by atoms with Crippen LogP contribution in [0.4, 0.5) is 0 Å². The lowest BCUT2D eigenvalue weighted by Gasteiger charge is -2.30. The second-order valence-corrected chi connectivity index (χ2v) is 6.29. The maximum atomic E-state index is 12.6. The summed E-state index contributed by atoms with van der Waals surface area (Å²) >= 11 is 0. The zero-order valence-corrected chi connectivity index (χ0v) is 13.9. The minimum atomic E-state index is -0.767. The topological polar surface area (TPSA) is 75.4 Å². The fourth-order valence-electron chi connectivity index (χ4n) is 3.15. The molecule has 0 bridgehead atoms. The van der Waals surface area contributed by atoms with E-state index < -0.39 is 5.97 Å². The summed E-state index contributed by atoms with van der Waals surface area (Å²) in [7, 11) is 0. The smallest absolute Gasteiger partial charge is 0.306 e. The first-order chi connectivity index (χ1) is 11.5. The molecule has 1 aliphatic rings. The van der Waals surface area contributed by atoms with Crippen molar-refractivity contribution in [3.8, 4) is 5.69 Å². The molecule has 0 atom stereocenters. The number of carboxylic acids is 1. The van der Waals surface area contributed by atoms with Crippen LogP contribution < -0.4 is 0 Å². The number of hydrogen-bond acceptors (Lipinski definition) is 3. The summed E-state index contributed by atoms with van der Waals surface area (Å²) in [6.07, 6.45) is 1.04. The normalized spacial score (nSPS) is 15.5. The first kappa shape index (κ1) is 16.2. The zero-order chi connectivity index (χ0) is 17.3. The van der Waals surface area contributed by atoms with Gasteiger partial charge >= 0.3 is 5.97 Å². The molecule has 2 aromatic rings. The van der Waals surface area contributed by atoms with Gasteiger partial charge in [0.15, 0.2) is 0 Å². The highest BCUT2D eigenvalue weighted by atomic mass is 16.4. The Morgan fingerprint density at radius 2 is 1.75 bits per heavy atom. The average molecular weight is 327 g/mol. The largest absolute Gasteiger partial charge is 0.481 e. The van der Waals surface area contributed by atoms with Crippen molar-refractivity contribution in [2.75, 3.05) is 13.1 Å². The molecule has 1 aliphatic heterocycles. The maximum absolute atomic E-state index is 12.6. The van der Waals surface area contributed by atoms with Crippen LogP contribution in [-0.4, -0.2) is 44.8 Å². The molecule has 24 heavy (non-hydrogen) atoms. The second-order valence-electron chi connectivity index (χ2n) is 6.29. The molecule has 1 fully saturated rings. The lowest BCUT2D eigenvalue weighted by Crippen LogP contribution is -2.40. The number of nitrogens with zero attached hydrogens (tertiary/aromatic N) is 3. The number of aromatic nitrogens is 2. The first-order valence-electron chi connectivity index (χ1n) is 8.11. The highest BCUT2D eigenvalue weighted by molar-refractivity contribution is 5.94. The van der Waals surface area contributed by atoms with Crippen LogP contribution in [0.2, 0.25) is 0 Å². The molecule has 0 saturated carbocycles. The van der Waals surface area contributed by atoms with Crippen molar-refractivity contribution in [3.05, 3.63) is 47.3 Å². The average Bonchev–Trinajstić information content (AvgIpc) is 2.93. The molecule has 0 radical (unpaired) electrons. The highest BCUT2D eigenvalue weighted by Crippen LogP contribution is 2.20. The number of piperidine rings is 1. The fourth-order valence-corrected chi connectivity index (χ4v) is 3.15. The van der Waals surface area contributed by atoms with Gasteiger partial charge in [-0.25, -0.2) is 4.68 Å². The Kier molecular flexibility index (Phi) is 4.38. The minimum absolute atomic E-state index is 0.0428. The van der Waals surface area contributed by atoms with Crippen molar-refractivity contribution in [1.29, 1.82) is 0 Å². The Balaban J connectivity index is 1.71. The van der Waals surface area contributed by atoms with Crippen LogP contribution >= 0.6 is 0 Å². The number of benzene rings is 1. The van der Waals surface area contributed by atoms with Crippen molar-refractivity contribution in [2.45, 2.75) is 26.7 Å². The summed E-state index contributed by atoms with van der Waals surface area (Å²) in [5.41, 5.74) is 3.53. The van der Waals surface area contributed by atoms with Crippen molar-refractivity contribution in [1.82, 2.24) is 14.7 Å². The summed E-state index contributed by atoms with van der Waals surface area (Å²) in [5.74, 6) is -1.14. The van der Waals surface area contributed by atoms with Crippen molar-refractivity contribution >= 4 is 11.9 Å². The third-order valence-corrected chi connectivity index (χ3v) is 4.50. The molecule has 0 unspecified atom stereocenters. The number of hydrogen-bond donors (Lipinski definition) is 1. The zero-order valence-electron chi connectivity index (χ0n) is 13.9. The summed E-state index contributed by atoms with van der Waals surface area (Å²) in [6.45, 7) is 4.93. The van der Waals surface area contributed by atoms with Gasteiger partial charge in [-0.2, -0.15) is 5.10 Å². The number of carboxylic acid groups (broad SMARTS) is 1. The highest BCUT2D eigenvalue weighted by Gasteiger charge is 2.27. The predicted molar refractivity (Wildman–Crippen MR) is 89.3 cm³/mol. The van der Waals surface area contributed by atoms with Gasteiger partial charge in [-0.3, -0.25) is 9.59 Å². The Morgan fingerprint density at radius 3 is 2.25 bits per heavy atom. The van der Waals surface area contributed by atoms with Gasteiger partial charge in [-0.15, -0.1) is 0 Å². The SMILES string of the molecule is Cc1cc(C)n(-c2ccc(C(=O)N3CCC(C(=O)O)CC3)cc2)n1. The van der Waals surface area contributed by atoms with Crippen LogP contribution in [0.25, 0.3) is 5.69 Å². The number of aliphatic carboxylic acids is 1. The van der Waals surface area contributed by atoms with Gasteiger partial charge in [-0.1, -0.05) is 0 Å². The fraction of sp³-hybridized carbons (Fsp3) is 0.389. The maximum Gasteiger partial charge on any atom is 0.306 e. The number of carbonyl (C=O) groups is 2. The predicted octanol–water partition coefficient (Wildman–Crippen LogP) is 2.43. The van der Waals surface area contributed by atoms with Crippen LogP contribution in [0.15, 0.2) is 30.3 Å². The van der Waals surface area contributed by atoms with Crippen LogP contribution in [0.3, 0.4) is 0 Å². The van der Waals surface area contributed by atoms with Crippen molar-refractivity contribution < 1.29 is 14.7 Å². The summed E-state index contributed by atoms with van der Waals surface area (Å²) in [4.78, 5) is 25.3.